The predicted octanol–water partition coefficient (Wildman–Crippen LogP) is 4.52. The van der Waals surface area contributed by atoms with Crippen LogP contribution in [0.5, 0.6) is 5.88 Å². The second kappa shape index (κ2) is 9.70. The molecule has 5 nitrogen and oxygen atoms in total. The zero-order chi connectivity index (χ0) is 19.9. The molecule has 3 aromatic rings. The van der Waals surface area contributed by atoms with Crippen molar-refractivity contribution >= 4 is 16.9 Å². The minimum absolute atomic E-state index is 0.707. The van der Waals surface area contributed by atoms with Crippen LogP contribution in [0.2, 0.25) is 0 Å². The molecule has 0 aliphatic carbocycles. The SMILES string of the molecule is CCCCCOc1nc(N2CCN(Cc3ccccc3)CC2)nc2ccccc12. The molecule has 29 heavy (non-hydrogen) atoms. The van der Waals surface area contributed by atoms with Crippen molar-refractivity contribution in [1.82, 2.24) is 14.9 Å². The van der Waals surface area contributed by atoms with Gasteiger partial charge < -0.3 is 9.64 Å². The molecule has 1 saturated heterocycles. The molecule has 1 aliphatic rings. The first-order valence-electron chi connectivity index (χ1n) is 10.7. The third kappa shape index (κ3) is 5.04. The van der Waals surface area contributed by atoms with E-state index in [4.69, 9.17) is 14.7 Å². The first kappa shape index (κ1) is 19.6. The predicted molar refractivity (Wildman–Crippen MR) is 118 cm³/mol. The van der Waals surface area contributed by atoms with Crippen molar-refractivity contribution in [2.75, 3.05) is 37.7 Å². The summed E-state index contributed by atoms with van der Waals surface area (Å²) in [7, 11) is 0. The van der Waals surface area contributed by atoms with Gasteiger partial charge in [-0.3, -0.25) is 4.90 Å². The molecular weight excluding hydrogens is 360 g/mol. The van der Waals surface area contributed by atoms with Crippen LogP contribution in [0.1, 0.15) is 31.7 Å². The summed E-state index contributed by atoms with van der Waals surface area (Å²) >= 11 is 0. The van der Waals surface area contributed by atoms with Crippen molar-refractivity contribution in [2.24, 2.45) is 0 Å². The van der Waals surface area contributed by atoms with Gasteiger partial charge in [0.15, 0.2) is 0 Å². The average Bonchev–Trinajstić information content (AvgIpc) is 2.78. The lowest BCUT2D eigenvalue weighted by molar-refractivity contribution is 0.248. The number of hydrogen-bond donors (Lipinski definition) is 0. The quantitative estimate of drug-likeness (QED) is 0.529. The molecule has 0 unspecified atom stereocenters. The number of anilines is 1. The van der Waals surface area contributed by atoms with Crippen LogP contribution in [-0.2, 0) is 6.54 Å². The molecule has 1 aliphatic heterocycles. The van der Waals surface area contributed by atoms with Gasteiger partial charge >= 0.3 is 0 Å². The Morgan fingerprint density at radius 1 is 0.862 bits per heavy atom. The van der Waals surface area contributed by atoms with E-state index in [9.17, 15) is 0 Å². The summed E-state index contributed by atoms with van der Waals surface area (Å²) in [5, 5.41) is 0.996. The molecule has 0 bridgehead atoms. The molecule has 0 saturated carbocycles. The number of hydrogen-bond acceptors (Lipinski definition) is 5. The van der Waals surface area contributed by atoms with Gasteiger partial charge in [0.05, 0.1) is 17.5 Å². The first-order chi connectivity index (χ1) is 14.3. The van der Waals surface area contributed by atoms with Crippen molar-refractivity contribution in [3.8, 4) is 5.88 Å². The first-order valence-corrected chi connectivity index (χ1v) is 10.7. The van der Waals surface area contributed by atoms with E-state index in [1.807, 2.05) is 24.3 Å². The summed E-state index contributed by atoms with van der Waals surface area (Å²) in [6, 6.07) is 18.8. The van der Waals surface area contributed by atoms with Crippen LogP contribution >= 0.6 is 0 Å². The van der Waals surface area contributed by atoms with Crippen molar-refractivity contribution in [1.29, 1.82) is 0 Å². The fourth-order valence-electron chi connectivity index (χ4n) is 3.76. The van der Waals surface area contributed by atoms with Gasteiger partial charge in [0, 0.05) is 32.7 Å². The monoisotopic (exact) mass is 390 g/mol. The van der Waals surface area contributed by atoms with E-state index in [-0.39, 0.29) is 0 Å². The Kier molecular flexibility index (Phi) is 6.57. The normalized spacial score (nSPS) is 15.0. The average molecular weight is 391 g/mol. The Bertz CT molecular complexity index is 907. The Morgan fingerprint density at radius 2 is 1.62 bits per heavy atom. The van der Waals surface area contributed by atoms with Gasteiger partial charge in [-0.2, -0.15) is 4.98 Å². The van der Waals surface area contributed by atoms with Gasteiger partial charge in [0.25, 0.3) is 0 Å². The second-order valence-electron chi connectivity index (χ2n) is 7.65. The van der Waals surface area contributed by atoms with E-state index in [0.29, 0.717) is 12.5 Å². The second-order valence-corrected chi connectivity index (χ2v) is 7.65. The minimum Gasteiger partial charge on any atom is -0.477 e. The van der Waals surface area contributed by atoms with Crippen LogP contribution < -0.4 is 9.64 Å². The zero-order valence-electron chi connectivity index (χ0n) is 17.3. The minimum atomic E-state index is 0.707. The highest BCUT2D eigenvalue weighted by Crippen LogP contribution is 2.26. The highest BCUT2D eigenvalue weighted by molar-refractivity contribution is 5.84. The van der Waals surface area contributed by atoms with Gasteiger partial charge in [-0.15, -0.1) is 0 Å². The zero-order valence-corrected chi connectivity index (χ0v) is 17.3. The van der Waals surface area contributed by atoms with Crippen LogP contribution in [0.3, 0.4) is 0 Å². The summed E-state index contributed by atoms with van der Waals surface area (Å²) in [5.41, 5.74) is 2.32. The lowest BCUT2D eigenvalue weighted by atomic mass is 10.2. The van der Waals surface area contributed by atoms with Gasteiger partial charge in [0.1, 0.15) is 0 Å². The topological polar surface area (TPSA) is 41.5 Å². The molecule has 152 valence electrons. The standard InChI is InChI=1S/C24H30N4O/c1-2-3-9-18-29-23-21-12-7-8-13-22(21)25-24(26-23)28-16-14-27(15-17-28)19-20-10-5-4-6-11-20/h4-8,10-13H,2-3,9,14-19H2,1H3. The molecule has 0 radical (unpaired) electrons. The number of aromatic nitrogens is 2. The van der Waals surface area contributed by atoms with Gasteiger partial charge in [-0.1, -0.05) is 62.2 Å². The van der Waals surface area contributed by atoms with E-state index < -0.39 is 0 Å². The van der Waals surface area contributed by atoms with Crippen molar-refractivity contribution in [3.63, 3.8) is 0 Å². The van der Waals surface area contributed by atoms with E-state index in [2.05, 4.69) is 47.1 Å². The molecule has 1 aromatic heterocycles. The molecular formula is C24H30N4O. The van der Waals surface area contributed by atoms with Crippen molar-refractivity contribution in [2.45, 2.75) is 32.7 Å². The highest BCUT2D eigenvalue weighted by Gasteiger charge is 2.21. The molecule has 0 N–H and O–H groups in total. The van der Waals surface area contributed by atoms with E-state index >= 15 is 0 Å². The summed E-state index contributed by atoms with van der Waals surface area (Å²) in [4.78, 5) is 14.4. The maximum atomic E-state index is 6.06. The Hall–Kier alpha value is -2.66. The lowest BCUT2D eigenvalue weighted by Gasteiger charge is -2.34. The molecule has 1 fully saturated rings. The number of benzene rings is 2. The maximum Gasteiger partial charge on any atom is 0.229 e. The molecule has 0 atom stereocenters. The third-order valence-corrected chi connectivity index (χ3v) is 5.45. The van der Waals surface area contributed by atoms with Crippen molar-refractivity contribution < 1.29 is 4.74 Å². The van der Waals surface area contributed by atoms with Crippen LogP contribution in [0.25, 0.3) is 10.9 Å². The van der Waals surface area contributed by atoms with Crippen LogP contribution in [0.4, 0.5) is 5.95 Å². The lowest BCUT2D eigenvalue weighted by Crippen LogP contribution is -2.46. The smallest absolute Gasteiger partial charge is 0.229 e. The number of fused-ring (bicyclic) bond motifs is 1. The van der Waals surface area contributed by atoms with Crippen LogP contribution in [0, 0.1) is 0 Å². The number of rotatable bonds is 8. The molecule has 2 aromatic carbocycles. The number of para-hydroxylation sites is 1. The largest absolute Gasteiger partial charge is 0.477 e. The summed E-state index contributed by atoms with van der Waals surface area (Å²) in [6.07, 6.45) is 3.42. The maximum absolute atomic E-state index is 6.06. The fourth-order valence-corrected chi connectivity index (χ4v) is 3.76. The third-order valence-electron chi connectivity index (χ3n) is 5.45. The van der Waals surface area contributed by atoms with Gasteiger partial charge in [0.2, 0.25) is 11.8 Å². The van der Waals surface area contributed by atoms with Crippen LogP contribution in [-0.4, -0.2) is 47.7 Å². The number of nitrogens with zero attached hydrogens (tertiary/aromatic N) is 4. The molecule has 0 amide bonds. The molecule has 5 heteroatoms. The number of unbranched alkanes of at least 4 members (excludes halogenated alkanes) is 2. The van der Waals surface area contributed by atoms with Gasteiger partial charge in [-0.25, -0.2) is 4.98 Å². The van der Waals surface area contributed by atoms with Crippen molar-refractivity contribution in [3.05, 3.63) is 60.2 Å². The summed E-state index contributed by atoms with van der Waals surface area (Å²) < 4.78 is 6.06. The number of ether oxygens (including phenoxy) is 1. The summed E-state index contributed by atoms with van der Waals surface area (Å²) in [5.74, 6) is 1.50. The Balaban J connectivity index is 1.45. The molecule has 4 rings (SSSR count). The molecule has 2 heterocycles. The molecule has 0 spiro atoms. The van der Waals surface area contributed by atoms with E-state index in [1.54, 1.807) is 0 Å². The Morgan fingerprint density at radius 3 is 2.41 bits per heavy atom. The Labute approximate surface area is 173 Å². The van der Waals surface area contributed by atoms with E-state index in [0.717, 1.165) is 56.0 Å². The highest BCUT2D eigenvalue weighted by atomic mass is 16.5. The summed E-state index contributed by atoms with van der Waals surface area (Å²) in [6.45, 7) is 7.80. The van der Waals surface area contributed by atoms with E-state index in [1.165, 1.54) is 18.4 Å². The number of piperazine rings is 1. The van der Waals surface area contributed by atoms with Crippen LogP contribution in [0.15, 0.2) is 54.6 Å². The fraction of sp³-hybridized carbons (Fsp3) is 0.417. The van der Waals surface area contributed by atoms with Gasteiger partial charge in [-0.05, 0) is 24.1 Å².